The molecule has 2 atom stereocenters. The molecule has 4 heteroatoms. The molecule has 0 N–H and O–H groups in total. The zero-order valence-electron chi connectivity index (χ0n) is 18.0. The molecular formula is C25H34O3Si. The first-order valence-electron chi connectivity index (χ1n) is 11.0. The molecule has 2 heterocycles. The number of hydrogen-bond acceptors (Lipinski definition) is 3. The molecule has 3 nitrogen and oxygen atoms in total. The van der Waals surface area contributed by atoms with Crippen LogP contribution in [0.1, 0.15) is 52.9 Å². The third-order valence-corrected chi connectivity index (χ3v) is 11.4. The van der Waals surface area contributed by atoms with Gasteiger partial charge in [-0.1, -0.05) is 81.4 Å². The predicted molar refractivity (Wildman–Crippen MR) is 120 cm³/mol. The number of ether oxygens (including phenoxy) is 2. The van der Waals surface area contributed by atoms with Crippen LogP contribution in [0, 0.1) is 0 Å². The first-order chi connectivity index (χ1) is 14.0. The molecule has 0 radical (unpaired) electrons. The van der Waals surface area contributed by atoms with Crippen LogP contribution in [0.4, 0.5) is 0 Å². The Kier molecular flexibility index (Phi) is 5.98. The van der Waals surface area contributed by atoms with Crippen molar-refractivity contribution >= 4 is 18.7 Å². The summed E-state index contributed by atoms with van der Waals surface area (Å²) in [5, 5.41) is 2.63. The number of hydrogen-bond donors (Lipinski definition) is 0. The SMILES string of the molecule is CC(C)(C)[Si](OC[C@@H]1CCC[C@]2(CCCO2)O1)(c1ccccc1)c1ccccc1. The van der Waals surface area contributed by atoms with E-state index in [0.29, 0.717) is 6.61 Å². The summed E-state index contributed by atoms with van der Waals surface area (Å²) in [5.41, 5.74) is 0. The summed E-state index contributed by atoms with van der Waals surface area (Å²) in [7, 11) is -2.51. The second kappa shape index (κ2) is 8.35. The Morgan fingerprint density at radius 1 is 0.931 bits per heavy atom. The van der Waals surface area contributed by atoms with E-state index in [2.05, 4.69) is 81.4 Å². The molecule has 0 saturated carbocycles. The lowest BCUT2D eigenvalue weighted by Crippen LogP contribution is -2.67. The third kappa shape index (κ3) is 4.09. The number of benzene rings is 2. The van der Waals surface area contributed by atoms with Crippen molar-refractivity contribution in [1.82, 2.24) is 0 Å². The summed E-state index contributed by atoms with van der Waals surface area (Å²) >= 11 is 0. The maximum atomic E-state index is 7.07. The normalized spacial score (nSPS) is 25.4. The van der Waals surface area contributed by atoms with Crippen LogP contribution in [0.5, 0.6) is 0 Å². The monoisotopic (exact) mass is 410 g/mol. The molecule has 2 aromatic rings. The summed E-state index contributed by atoms with van der Waals surface area (Å²) in [5.74, 6) is -0.349. The van der Waals surface area contributed by atoms with Crippen molar-refractivity contribution in [2.24, 2.45) is 0 Å². The van der Waals surface area contributed by atoms with E-state index < -0.39 is 8.32 Å². The quantitative estimate of drug-likeness (QED) is 0.672. The first kappa shape index (κ1) is 20.8. The Morgan fingerprint density at radius 3 is 2.03 bits per heavy atom. The highest BCUT2D eigenvalue weighted by Gasteiger charge is 2.51. The molecule has 0 bridgehead atoms. The van der Waals surface area contributed by atoms with Gasteiger partial charge in [0, 0.05) is 12.8 Å². The molecule has 2 fully saturated rings. The lowest BCUT2D eigenvalue weighted by molar-refractivity contribution is -0.261. The van der Waals surface area contributed by atoms with E-state index in [9.17, 15) is 0 Å². The molecule has 0 aliphatic carbocycles. The minimum atomic E-state index is -2.51. The van der Waals surface area contributed by atoms with Gasteiger partial charge >= 0.3 is 0 Å². The van der Waals surface area contributed by atoms with Gasteiger partial charge in [0.25, 0.3) is 8.32 Å². The Hall–Kier alpha value is -1.46. The second-order valence-corrected chi connectivity index (χ2v) is 13.8. The van der Waals surface area contributed by atoms with E-state index in [1.165, 1.54) is 10.4 Å². The fraction of sp³-hybridized carbons (Fsp3) is 0.520. The Balaban J connectivity index is 1.66. The maximum Gasteiger partial charge on any atom is 0.261 e. The molecule has 0 unspecified atom stereocenters. The molecule has 29 heavy (non-hydrogen) atoms. The van der Waals surface area contributed by atoms with Gasteiger partial charge in [0.2, 0.25) is 0 Å². The van der Waals surface area contributed by atoms with E-state index in [1.807, 2.05) is 0 Å². The summed E-state index contributed by atoms with van der Waals surface area (Å²) in [6, 6.07) is 21.7. The van der Waals surface area contributed by atoms with Gasteiger partial charge in [-0.2, -0.15) is 0 Å². The minimum absolute atomic E-state index is 0.00802. The van der Waals surface area contributed by atoms with E-state index in [4.69, 9.17) is 13.9 Å². The molecule has 2 aliphatic rings. The highest BCUT2D eigenvalue weighted by molar-refractivity contribution is 6.99. The molecule has 0 aromatic heterocycles. The van der Waals surface area contributed by atoms with Gasteiger partial charge < -0.3 is 13.9 Å². The van der Waals surface area contributed by atoms with Gasteiger partial charge in [-0.3, -0.25) is 0 Å². The maximum absolute atomic E-state index is 7.07. The van der Waals surface area contributed by atoms with Crippen LogP contribution in [0.15, 0.2) is 60.7 Å². The van der Waals surface area contributed by atoms with Gasteiger partial charge in [-0.05, 0) is 34.7 Å². The van der Waals surface area contributed by atoms with Crippen molar-refractivity contribution in [3.8, 4) is 0 Å². The Bertz CT molecular complexity index is 739. The third-order valence-electron chi connectivity index (χ3n) is 6.43. The largest absolute Gasteiger partial charge is 0.405 e. The smallest absolute Gasteiger partial charge is 0.261 e. The van der Waals surface area contributed by atoms with E-state index in [0.717, 1.165) is 38.7 Å². The van der Waals surface area contributed by atoms with Crippen molar-refractivity contribution in [3.63, 3.8) is 0 Å². The van der Waals surface area contributed by atoms with Crippen molar-refractivity contribution < 1.29 is 13.9 Å². The van der Waals surface area contributed by atoms with Crippen LogP contribution in [0.3, 0.4) is 0 Å². The summed E-state index contributed by atoms with van der Waals surface area (Å²) in [6.07, 6.45) is 5.43. The molecule has 2 aliphatic heterocycles. The van der Waals surface area contributed by atoms with Crippen molar-refractivity contribution in [1.29, 1.82) is 0 Å². The van der Waals surface area contributed by atoms with E-state index >= 15 is 0 Å². The van der Waals surface area contributed by atoms with Crippen molar-refractivity contribution in [2.45, 2.75) is 69.8 Å². The highest BCUT2D eigenvalue weighted by atomic mass is 28.4. The number of rotatable bonds is 5. The lowest BCUT2D eigenvalue weighted by atomic mass is 9.99. The molecular weight excluding hydrogens is 376 g/mol. The summed E-state index contributed by atoms with van der Waals surface area (Å²) in [6.45, 7) is 8.41. The van der Waals surface area contributed by atoms with Crippen LogP contribution in [-0.2, 0) is 13.9 Å². The standard InChI is InChI=1S/C25H34O3Si/c1-24(2,3)29(22-13-6-4-7-14-22,23-15-8-5-9-16-23)27-20-21-12-10-17-25(28-21)18-11-19-26-25/h4-9,13-16,21H,10-12,17-20H2,1-3H3/t21-,25+/m0/s1. The van der Waals surface area contributed by atoms with Crippen LogP contribution in [0.2, 0.25) is 5.04 Å². The van der Waals surface area contributed by atoms with Gasteiger partial charge in [0.1, 0.15) is 0 Å². The van der Waals surface area contributed by atoms with Crippen LogP contribution >= 0.6 is 0 Å². The van der Waals surface area contributed by atoms with Crippen LogP contribution < -0.4 is 10.4 Å². The molecule has 156 valence electrons. The zero-order valence-corrected chi connectivity index (χ0v) is 19.0. The van der Waals surface area contributed by atoms with Crippen LogP contribution in [-0.4, -0.2) is 33.4 Å². The molecule has 0 amide bonds. The average Bonchev–Trinajstić information content (AvgIpc) is 3.16. The Morgan fingerprint density at radius 2 is 1.52 bits per heavy atom. The first-order valence-corrected chi connectivity index (χ1v) is 12.9. The molecule has 1 spiro atoms. The second-order valence-electron chi connectivity index (χ2n) is 9.47. The van der Waals surface area contributed by atoms with Crippen molar-refractivity contribution in [3.05, 3.63) is 60.7 Å². The van der Waals surface area contributed by atoms with Gasteiger partial charge in [0.15, 0.2) is 5.79 Å². The summed E-state index contributed by atoms with van der Waals surface area (Å²) < 4.78 is 19.6. The topological polar surface area (TPSA) is 27.7 Å². The molecule has 2 saturated heterocycles. The van der Waals surface area contributed by atoms with Gasteiger partial charge in [-0.15, -0.1) is 0 Å². The van der Waals surface area contributed by atoms with E-state index in [1.54, 1.807) is 0 Å². The fourth-order valence-corrected chi connectivity index (χ4v) is 9.67. The lowest BCUT2D eigenvalue weighted by Gasteiger charge is -2.45. The minimum Gasteiger partial charge on any atom is -0.405 e. The van der Waals surface area contributed by atoms with Crippen LogP contribution in [0.25, 0.3) is 0 Å². The van der Waals surface area contributed by atoms with E-state index in [-0.39, 0.29) is 16.9 Å². The van der Waals surface area contributed by atoms with Crippen molar-refractivity contribution in [2.75, 3.05) is 13.2 Å². The summed E-state index contributed by atoms with van der Waals surface area (Å²) in [4.78, 5) is 0. The Labute approximate surface area is 176 Å². The molecule has 4 rings (SSSR count). The predicted octanol–water partition coefficient (Wildman–Crippen LogP) is 4.64. The zero-order chi connectivity index (χ0) is 20.4. The van der Waals surface area contributed by atoms with Gasteiger partial charge in [-0.25, -0.2) is 0 Å². The van der Waals surface area contributed by atoms with Gasteiger partial charge in [0.05, 0.1) is 19.3 Å². The average molecular weight is 411 g/mol. The fourth-order valence-electron chi connectivity index (χ4n) is 5.08. The molecule has 2 aromatic carbocycles. The highest BCUT2D eigenvalue weighted by Crippen LogP contribution is 2.40.